The number of aromatic nitrogens is 4. The van der Waals surface area contributed by atoms with E-state index >= 15 is 0 Å². The number of nitro groups is 1. The predicted molar refractivity (Wildman–Crippen MR) is 97.6 cm³/mol. The highest BCUT2D eigenvalue weighted by Gasteiger charge is 2.07. The maximum absolute atomic E-state index is 10.7. The summed E-state index contributed by atoms with van der Waals surface area (Å²) in [6.45, 7) is 5.67. The zero-order chi connectivity index (χ0) is 18.7. The molecule has 0 radical (unpaired) electrons. The molecule has 0 bridgehead atoms. The fraction of sp³-hybridized carbons (Fsp3) is 0.176. The van der Waals surface area contributed by atoms with E-state index in [0.717, 1.165) is 17.0 Å². The van der Waals surface area contributed by atoms with Gasteiger partial charge in [-0.1, -0.05) is 0 Å². The standard InChI is InChI=1S/C17H17N7O2/c1-11-8-12(2)23(22-11)17-9-16(18-10-19-17)21-20-13(3)14-4-6-15(7-5-14)24(25)26/h4-10H,1-3H3,(H,18,19,21)/b20-13+. The summed E-state index contributed by atoms with van der Waals surface area (Å²) in [6.07, 6.45) is 1.44. The molecule has 0 aliphatic rings. The van der Waals surface area contributed by atoms with Crippen molar-refractivity contribution < 1.29 is 4.92 Å². The molecule has 1 aromatic carbocycles. The van der Waals surface area contributed by atoms with Gasteiger partial charge >= 0.3 is 0 Å². The van der Waals surface area contributed by atoms with E-state index in [-0.39, 0.29) is 5.69 Å². The van der Waals surface area contributed by atoms with Gasteiger partial charge in [0.1, 0.15) is 6.33 Å². The Kier molecular flexibility index (Phi) is 4.70. The van der Waals surface area contributed by atoms with Crippen molar-refractivity contribution in [3.05, 3.63) is 69.8 Å². The van der Waals surface area contributed by atoms with Crippen molar-refractivity contribution in [1.29, 1.82) is 0 Å². The number of nitro benzene ring substituents is 1. The third-order valence-electron chi connectivity index (χ3n) is 3.71. The molecule has 0 spiro atoms. The fourth-order valence-corrected chi connectivity index (χ4v) is 2.41. The van der Waals surface area contributed by atoms with Crippen molar-refractivity contribution in [1.82, 2.24) is 19.7 Å². The Bertz CT molecular complexity index is 977. The van der Waals surface area contributed by atoms with Crippen LogP contribution in [0.4, 0.5) is 11.5 Å². The molecule has 9 nitrogen and oxygen atoms in total. The van der Waals surface area contributed by atoms with Crippen LogP contribution in [0.15, 0.2) is 47.8 Å². The third kappa shape index (κ3) is 3.72. The zero-order valence-electron chi connectivity index (χ0n) is 14.5. The summed E-state index contributed by atoms with van der Waals surface area (Å²) in [5, 5.41) is 19.4. The molecule has 1 N–H and O–H groups in total. The molecule has 0 aliphatic heterocycles. The van der Waals surface area contributed by atoms with E-state index in [0.29, 0.717) is 17.3 Å². The van der Waals surface area contributed by atoms with Crippen molar-refractivity contribution in [2.45, 2.75) is 20.8 Å². The Labute approximate surface area is 149 Å². The number of anilines is 1. The monoisotopic (exact) mass is 351 g/mol. The summed E-state index contributed by atoms with van der Waals surface area (Å²) >= 11 is 0. The van der Waals surface area contributed by atoms with Crippen molar-refractivity contribution in [3.63, 3.8) is 0 Å². The maximum Gasteiger partial charge on any atom is 0.269 e. The van der Waals surface area contributed by atoms with Crippen molar-refractivity contribution in [2.75, 3.05) is 5.43 Å². The van der Waals surface area contributed by atoms with Gasteiger partial charge in [0.05, 0.1) is 16.3 Å². The molecule has 2 aromatic heterocycles. The highest BCUT2D eigenvalue weighted by molar-refractivity contribution is 5.99. The second kappa shape index (κ2) is 7.09. The van der Waals surface area contributed by atoms with Crippen LogP contribution >= 0.6 is 0 Å². The van der Waals surface area contributed by atoms with Gasteiger partial charge in [-0.3, -0.25) is 15.5 Å². The predicted octanol–water partition coefficient (Wildman–Crippen LogP) is 3.02. The topological polar surface area (TPSA) is 111 Å². The van der Waals surface area contributed by atoms with Gasteiger partial charge in [0, 0.05) is 23.9 Å². The molecule has 9 heteroatoms. The van der Waals surface area contributed by atoms with E-state index in [1.807, 2.05) is 19.9 Å². The SMILES string of the molecule is C/C(=N\Nc1cc(-n2nc(C)cc2C)ncn1)c1ccc([N+](=O)[O-])cc1. The first-order chi connectivity index (χ1) is 12.4. The quantitative estimate of drug-likeness (QED) is 0.430. The molecule has 26 heavy (non-hydrogen) atoms. The number of rotatable bonds is 5. The average molecular weight is 351 g/mol. The summed E-state index contributed by atoms with van der Waals surface area (Å²) < 4.78 is 1.73. The second-order valence-corrected chi connectivity index (χ2v) is 5.71. The van der Waals surface area contributed by atoms with Crippen LogP contribution in [0.3, 0.4) is 0 Å². The van der Waals surface area contributed by atoms with E-state index in [1.165, 1.54) is 18.5 Å². The van der Waals surface area contributed by atoms with Gasteiger partial charge in [0.15, 0.2) is 11.6 Å². The largest absolute Gasteiger partial charge is 0.269 e. The molecule has 3 rings (SSSR count). The fourth-order valence-electron chi connectivity index (χ4n) is 2.41. The number of nitrogens with one attached hydrogen (secondary N) is 1. The van der Waals surface area contributed by atoms with Gasteiger partial charge in [0.2, 0.25) is 0 Å². The average Bonchev–Trinajstić information content (AvgIpc) is 2.98. The molecule has 0 amide bonds. The minimum Gasteiger partial charge on any atom is -0.261 e. The van der Waals surface area contributed by atoms with Crippen LogP contribution in [0.5, 0.6) is 0 Å². The Morgan fingerprint density at radius 1 is 1.19 bits per heavy atom. The highest BCUT2D eigenvalue weighted by atomic mass is 16.6. The number of nitrogens with zero attached hydrogens (tertiary/aromatic N) is 6. The second-order valence-electron chi connectivity index (χ2n) is 5.71. The summed E-state index contributed by atoms with van der Waals surface area (Å²) in [4.78, 5) is 18.7. The first-order valence-corrected chi connectivity index (χ1v) is 7.85. The van der Waals surface area contributed by atoms with Crippen LogP contribution in [0.2, 0.25) is 0 Å². The smallest absolute Gasteiger partial charge is 0.261 e. The third-order valence-corrected chi connectivity index (χ3v) is 3.71. The van der Waals surface area contributed by atoms with Crippen molar-refractivity contribution >= 4 is 17.2 Å². The lowest BCUT2D eigenvalue weighted by Crippen LogP contribution is -2.05. The number of benzene rings is 1. The minimum atomic E-state index is -0.435. The van der Waals surface area contributed by atoms with Crippen LogP contribution < -0.4 is 5.43 Å². The molecule has 0 fully saturated rings. The van der Waals surface area contributed by atoms with Crippen LogP contribution in [0, 0.1) is 24.0 Å². The van der Waals surface area contributed by atoms with Crippen LogP contribution in [0.1, 0.15) is 23.9 Å². The molecule has 0 aliphatic carbocycles. The van der Waals surface area contributed by atoms with E-state index < -0.39 is 4.92 Å². The summed E-state index contributed by atoms with van der Waals surface area (Å²) in [5.41, 5.74) is 6.24. The van der Waals surface area contributed by atoms with Gasteiger partial charge in [0.25, 0.3) is 5.69 Å². The minimum absolute atomic E-state index is 0.0415. The van der Waals surface area contributed by atoms with Gasteiger partial charge in [-0.25, -0.2) is 14.6 Å². The van der Waals surface area contributed by atoms with E-state index in [4.69, 9.17) is 0 Å². The van der Waals surface area contributed by atoms with Crippen LogP contribution in [-0.4, -0.2) is 30.4 Å². The molecule has 0 unspecified atom stereocenters. The number of hydrogen-bond donors (Lipinski definition) is 1. The van der Waals surface area contributed by atoms with Crippen molar-refractivity contribution in [3.8, 4) is 5.82 Å². The Morgan fingerprint density at radius 3 is 2.54 bits per heavy atom. The summed E-state index contributed by atoms with van der Waals surface area (Å²) in [6, 6.07) is 9.90. The van der Waals surface area contributed by atoms with Crippen LogP contribution in [0.25, 0.3) is 5.82 Å². The summed E-state index contributed by atoms with van der Waals surface area (Å²) in [5.74, 6) is 1.15. The molecular formula is C17H17N7O2. The molecule has 2 heterocycles. The van der Waals surface area contributed by atoms with E-state index in [2.05, 4.69) is 25.6 Å². The molecule has 0 saturated heterocycles. The molecule has 132 valence electrons. The molecule has 0 saturated carbocycles. The first-order valence-electron chi connectivity index (χ1n) is 7.85. The van der Waals surface area contributed by atoms with Gasteiger partial charge in [-0.2, -0.15) is 10.2 Å². The van der Waals surface area contributed by atoms with Crippen LogP contribution in [-0.2, 0) is 0 Å². The van der Waals surface area contributed by atoms with E-state index in [1.54, 1.807) is 29.8 Å². The molecular weight excluding hydrogens is 334 g/mol. The normalized spacial score (nSPS) is 11.4. The Morgan fingerprint density at radius 2 is 1.92 bits per heavy atom. The Hall–Kier alpha value is -3.62. The number of hydrogen-bond acceptors (Lipinski definition) is 7. The molecule has 0 atom stereocenters. The number of aryl methyl sites for hydroxylation is 2. The van der Waals surface area contributed by atoms with Gasteiger partial charge in [-0.15, -0.1) is 0 Å². The Balaban J connectivity index is 1.78. The lowest BCUT2D eigenvalue weighted by atomic mass is 10.1. The number of hydrazone groups is 1. The van der Waals surface area contributed by atoms with E-state index in [9.17, 15) is 10.1 Å². The lowest BCUT2D eigenvalue weighted by molar-refractivity contribution is -0.384. The van der Waals surface area contributed by atoms with Crippen molar-refractivity contribution in [2.24, 2.45) is 5.10 Å². The zero-order valence-corrected chi connectivity index (χ0v) is 14.5. The highest BCUT2D eigenvalue weighted by Crippen LogP contribution is 2.14. The number of non-ortho nitro benzene ring substituents is 1. The van der Waals surface area contributed by atoms with Gasteiger partial charge in [-0.05, 0) is 44.5 Å². The van der Waals surface area contributed by atoms with Gasteiger partial charge < -0.3 is 0 Å². The maximum atomic E-state index is 10.7. The lowest BCUT2D eigenvalue weighted by Gasteiger charge is -2.06. The summed E-state index contributed by atoms with van der Waals surface area (Å²) in [7, 11) is 0. The first kappa shape index (κ1) is 17.2. The molecule has 3 aromatic rings.